The SMILES string of the molecule is CC1(C)c2ccccc2-c2cccnc21. The molecule has 1 heterocycles. The summed E-state index contributed by atoms with van der Waals surface area (Å²) in [5.74, 6) is 0. The van der Waals surface area contributed by atoms with E-state index in [-0.39, 0.29) is 5.41 Å². The average Bonchev–Trinajstić information content (AvgIpc) is 2.51. The quantitative estimate of drug-likeness (QED) is 0.628. The van der Waals surface area contributed by atoms with E-state index in [0.29, 0.717) is 0 Å². The molecule has 1 heteroatoms. The first-order chi connectivity index (χ1) is 7.21. The van der Waals surface area contributed by atoms with Gasteiger partial charge in [0, 0.05) is 17.2 Å². The molecule has 1 aromatic heterocycles. The lowest BCUT2D eigenvalue weighted by atomic mass is 9.85. The van der Waals surface area contributed by atoms with Crippen molar-refractivity contribution in [3.63, 3.8) is 0 Å². The van der Waals surface area contributed by atoms with Gasteiger partial charge in [-0.15, -0.1) is 0 Å². The Morgan fingerprint density at radius 3 is 2.53 bits per heavy atom. The van der Waals surface area contributed by atoms with Crippen LogP contribution >= 0.6 is 0 Å². The third-order valence-corrected chi connectivity index (χ3v) is 3.29. The number of nitrogens with zero attached hydrogens (tertiary/aromatic N) is 1. The lowest BCUT2D eigenvalue weighted by molar-refractivity contribution is 0.637. The monoisotopic (exact) mass is 195 g/mol. The van der Waals surface area contributed by atoms with Crippen molar-refractivity contribution in [3.05, 3.63) is 53.9 Å². The molecule has 0 atom stereocenters. The third kappa shape index (κ3) is 1.01. The predicted octanol–water partition coefficient (Wildman–Crippen LogP) is 3.39. The van der Waals surface area contributed by atoms with Gasteiger partial charge in [0.25, 0.3) is 0 Å². The van der Waals surface area contributed by atoms with Crippen LogP contribution in [-0.2, 0) is 5.41 Å². The first kappa shape index (κ1) is 8.66. The summed E-state index contributed by atoms with van der Waals surface area (Å²) in [6.45, 7) is 4.48. The number of benzene rings is 1. The van der Waals surface area contributed by atoms with Crippen LogP contribution in [0, 0.1) is 0 Å². The van der Waals surface area contributed by atoms with Gasteiger partial charge in [-0.05, 0) is 17.2 Å². The molecule has 1 aliphatic rings. The lowest BCUT2D eigenvalue weighted by Gasteiger charge is -2.19. The Bertz CT molecular complexity index is 479. The maximum atomic E-state index is 4.53. The van der Waals surface area contributed by atoms with E-state index < -0.39 is 0 Å². The van der Waals surface area contributed by atoms with E-state index in [1.54, 1.807) is 0 Å². The van der Waals surface area contributed by atoms with Gasteiger partial charge >= 0.3 is 0 Å². The van der Waals surface area contributed by atoms with Crippen LogP contribution in [0.3, 0.4) is 0 Å². The molecule has 0 spiro atoms. The fourth-order valence-electron chi connectivity index (χ4n) is 2.51. The van der Waals surface area contributed by atoms with Crippen molar-refractivity contribution in [2.24, 2.45) is 0 Å². The lowest BCUT2D eigenvalue weighted by Crippen LogP contribution is -2.16. The van der Waals surface area contributed by atoms with Gasteiger partial charge in [-0.2, -0.15) is 0 Å². The smallest absolute Gasteiger partial charge is 0.0582 e. The summed E-state index contributed by atoms with van der Waals surface area (Å²) < 4.78 is 0. The minimum atomic E-state index is 0.0488. The number of fused-ring (bicyclic) bond motifs is 3. The van der Waals surface area contributed by atoms with E-state index in [2.05, 4.69) is 49.2 Å². The summed E-state index contributed by atoms with van der Waals surface area (Å²) in [5, 5.41) is 0. The van der Waals surface area contributed by atoms with Crippen LogP contribution in [0.1, 0.15) is 25.1 Å². The van der Waals surface area contributed by atoms with Crippen molar-refractivity contribution in [3.8, 4) is 11.1 Å². The van der Waals surface area contributed by atoms with E-state index in [4.69, 9.17) is 0 Å². The second kappa shape index (κ2) is 2.69. The summed E-state index contributed by atoms with van der Waals surface area (Å²) >= 11 is 0. The molecular formula is C14H13N. The molecule has 74 valence electrons. The minimum Gasteiger partial charge on any atom is -0.260 e. The summed E-state index contributed by atoms with van der Waals surface area (Å²) in [5.41, 5.74) is 5.27. The van der Waals surface area contributed by atoms with Gasteiger partial charge in [0.05, 0.1) is 5.69 Å². The highest BCUT2D eigenvalue weighted by molar-refractivity contribution is 5.78. The summed E-state index contributed by atoms with van der Waals surface area (Å²) in [7, 11) is 0. The Labute approximate surface area is 89.8 Å². The predicted molar refractivity (Wildman–Crippen MR) is 61.8 cm³/mol. The summed E-state index contributed by atoms with van der Waals surface area (Å²) in [6.07, 6.45) is 1.88. The standard InChI is InChI=1S/C14H13N/c1-14(2)12-8-4-3-6-10(12)11-7-5-9-15-13(11)14/h3-9H,1-2H3. The zero-order valence-electron chi connectivity index (χ0n) is 8.99. The molecule has 1 nitrogen and oxygen atoms in total. The van der Waals surface area contributed by atoms with Crippen molar-refractivity contribution in [2.45, 2.75) is 19.3 Å². The van der Waals surface area contributed by atoms with E-state index in [1.807, 2.05) is 12.3 Å². The van der Waals surface area contributed by atoms with Crippen LogP contribution in [0.2, 0.25) is 0 Å². The Morgan fingerprint density at radius 2 is 1.67 bits per heavy atom. The third-order valence-electron chi connectivity index (χ3n) is 3.29. The Hall–Kier alpha value is -1.63. The molecule has 0 radical (unpaired) electrons. The molecule has 0 bridgehead atoms. The zero-order chi connectivity index (χ0) is 10.5. The van der Waals surface area contributed by atoms with Crippen LogP contribution in [0.15, 0.2) is 42.6 Å². The van der Waals surface area contributed by atoms with Gasteiger partial charge in [0.15, 0.2) is 0 Å². The summed E-state index contributed by atoms with van der Waals surface area (Å²) in [6, 6.07) is 12.8. The molecule has 2 aromatic rings. The van der Waals surface area contributed by atoms with Gasteiger partial charge in [-0.25, -0.2) is 0 Å². The highest BCUT2D eigenvalue weighted by Gasteiger charge is 2.35. The van der Waals surface area contributed by atoms with Crippen LogP contribution in [0.4, 0.5) is 0 Å². The number of hydrogen-bond donors (Lipinski definition) is 0. The topological polar surface area (TPSA) is 12.9 Å². The molecule has 3 rings (SSSR count). The van der Waals surface area contributed by atoms with Gasteiger partial charge < -0.3 is 0 Å². The van der Waals surface area contributed by atoms with Crippen molar-refractivity contribution in [1.29, 1.82) is 0 Å². The highest BCUT2D eigenvalue weighted by Crippen LogP contribution is 2.46. The Balaban J connectivity index is 2.42. The van der Waals surface area contributed by atoms with Gasteiger partial charge in [0.1, 0.15) is 0 Å². The Kier molecular flexibility index (Phi) is 1.55. The highest BCUT2D eigenvalue weighted by atomic mass is 14.7. The average molecular weight is 195 g/mol. The maximum absolute atomic E-state index is 4.53. The molecule has 15 heavy (non-hydrogen) atoms. The molecule has 1 aromatic carbocycles. The van der Waals surface area contributed by atoms with Crippen molar-refractivity contribution in [1.82, 2.24) is 4.98 Å². The van der Waals surface area contributed by atoms with Gasteiger partial charge in [-0.3, -0.25) is 4.98 Å². The number of rotatable bonds is 0. The van der Waals surface area contributed by atoms with E-state index in [9.17, 15) is 0 Å². The zero-order valence-corrected chi connectivity index (χ0v) is 8.99. The molecule has 0 saturated heterocycles. The second-order valence-corrected chi connectivity index (χ2v) is 4.57. The maximum Gasteiger partial charge on any atom is 0.0582 e. The van der Waals surface area contributed by atoms with Crippen LogP contribution < -0.4 is 0 Å². The minimum absolute atomic E-state index is 0.0488. The summed E-state index contributed by atoms with van der Waals surface area (Å²) in [4.78, 5) is 4.53. The molecule has 1 aliphatic carbocycles. The van der Waals surface area contributed by atoms with Crippen LogP contribution in [0.25, 0.3) is 11.1 Å². The van der Waals surface area contributed by atoms with Crippen molar-refractivity contribution in [2.75, 3.05) is 0 Å². The van der Waals surface area contributed by atoms with Gasteiger partial charge in [0.2, 0.25) is 0 Å². The largest absolute Gasteiger partial charge is 0.260 e. The van der Waals surface area contributed by atoms with E-state index >= 15 is 0 Å². The molecule has 0 amide bonds. The van der Waals surface area contributed by atoms with E-state index in [1.165, 1.54) is 22.4 Å². The van der Waals surface area contributed by atoms with Crippen LogP contribution in [0.5, 0.6) is 0 Å². The van der Waals surface area contributed by atoms with Crippen LogP contribution in [-0.4, -0.2) is 4.98 Å². The molecule has 0 saturated carbocycles. The molecule has 0 unspecified atom stereocenters. The van der Waals surface area contributed by atoms with Gasteiger partial charge in [-0.1, -0.05) is 44.2 Å². The molecule has 0 N–H and O–H groups in total. The molecule has 0 fully saturated rings. The van der Waals surface area contributed by atoms with E-state index in [0.717, 1.165) is 0 Å². The Morgan fingerprint density at radius 1 is 0.933 bits per heavy atom. The molecular weight excluding hydrogens is 182 g/mol. The fourth-order valence-corrected chi connectivity index (χ4v) is 2.51. The number of hydrogen-bond acceptors (Lipinski definition) is 1. The molecule has 0 aliphatic heterocycles. The van der Waals surface area contributed by atoms with Crippen molar-refractivity contribution < 1.29 is 0 Å². The first-order valence-electron chi connectivity index (χ1n) is 5.26. The fraction of sp³-hybridized carbons (Fsp3) is 0.214. The second-order valence-electron chi connectivity index (χ2n) is 4.57. The number of aromatic nitrogens is 1. The first-order valence-corrected chi connectivity index (χ1v) is 5.26. The number of pyridine rings is 1. The normalized spacial score (nSPS) is 15.9. The van der Waals surface area contributed by atoms with Crippen molar-refractivity contribution >= 4 is 0 Å².